The minimum absolute atomic E-state index is 0.257. The molecule has 1 aliphatic heterocycles. The van der Waals surface area contributed by atoms with E-state index in [-0.39, 0.29) is 10.2 Å². The third-order valence-corrected chi connectivity index (χ3v) is 7.32. The Balaban J connectivity index is 1.47. The van der Waals surface area contributed by atoms with E-state index < -0.39 is 5.91 Å². The van der Waals surface area contributed by atoms with Crippen molar-refractivity contribution in [3.05, 3.63) is 111 Å². The van der Waals surface area contributed by atoms with E-state index in [0.29, 0.717) is 10.5 Å². The maximum absolute atomic E-state index is 13.2. The molecule has 1 saturated heterocycles. The second-order valence-electron chi connectivity index (χ2n) is 8.04. The molecule has 9 heteroatoms. The van der Waals surface area contributed by atoms with Gasteiger partial charge in [-0.1, -0.05) is 75.7 Å². The number of aromatic nitrogens is 2. The molecule has 1 fully saturated rings. The van der Waals surface area contributed by atoms with Crippen molar-refractivity contribution in [2.45, 2.75) is 6.92 Å². The number of thioether (sulfide) groups is 1. The second-order valence-corrected chi connectivity index (χ2v) is 10.6. The highest BCUT2D eigenvalue weighted by Gasteiger charge is 2.34. The van der Waals surface area contributed by atoms with Gasteiger partial charge in [0.05, 0.1) is 16.3 Å². The Kier molecular flexibility index (Phi) is 6.86. The number of thiocarbonyl (C=S) groups is 1. The zero-order chi connectivity index (χ0) is 25.2. The lowest BCUT2D eigenvalue weighted by Crippen LogP contribution is -2.44. The van der Waals surface area contributed by atoms with Gasteiger partial charge in [-0.2, -0.15) is 10.1 Å². The van der Waals surface area contributed by atoms with Crippen LogP contribution in [0.2, 0.25) is 0 Å². The first-order valence-corrected chi connectivity index (χ1v) is 13.0. The van der Waals surface area contributed by atoms with Crippen LogP contribution in [0.3, 0.4) is 0 Å². The monoisotopic (exact) mass is 574 g/mol. The summed E-state index contributed by atoms with van der Waals surface area (Å²) in [6, 6.07) is 24.7. The van der Waals surface area contributed by atoms with Crippen molar-refractivity contribution < 1.29 is 9.59 Å². The Bertz CT molecular complexity index is 1500. The Morgan fingerprint density at radius 1 is 1.03 bits per heavy atom. The van der Waals surface area contributed by atoms with Crippen molar-refractivity contribution in [3.8, 4) is 16.9 Å². The van der Waals surface area contributed by atoms with Gasteiger partial charge in [0, 0.05) is 27.4 Å². The molecule has 0 saturated carbocycles. The van der Waals surface area contributed by atoms with E-state index in [9.17, 15) is 9.59 Å². The van der Waals surface area contributed by atoms with Gasteiger partial charge in [0.15, 0.2) is 4.32 Å². The number of hydrogen-bond donors (Lipinski definition) is 1. The van der Waals surface area contributed by atoms with Crippen molar-refractivity contribution in [3.63, 3.8) is 0 Å². The lowest BCUT2D eigenvalue weighted by Gasteiger charge is -2.15. The molecule has 2 heterocycles. The lowest BCUT2D eigenvalue weighted by molar-refractivity contribution is -0.123. The molecule has 178 valence electrons. The molecule has 36 heavy (non-hydrogen) atoms. The van der Waals surface area contributed by atoms with Crippen LogP contribution in [-0.2, 0) is 4.79 Å². The number of aryl methyl sites for hydroxylation is 1. The van der Waals surface area contributed by atoms with Gasteiger partial charge in [-0.25, -0.2) is 4.68 Å². The third kappa shape index (κ3) is 5.04. The second kappa shape index (κ2) is 10.2. The van der Waals surface area contributed by atoms with Gasteiger partial charge in [0.2, 0.25) is 0 Å². The summed E-state index contributed by atoms with van der Waals surface area (Å²) in [6.45, 7) is 1.94. The highest BCUT2D eigenvalue weighted by molar-refractivity contribution is 9.10. The minimum Gasteiger partial charge on any atom is -0.267 e. The van der Waals surface area contributed by atoms with Gasteiger partial charge in [-0.05, 0) is 61.6 Å². The van der Waals surface area contributed by atoms with E-state index in [1.165, 1.54) is 0 Å². The highest BCUT2D eigenvalue weighted by Crippen LogP contribution is 2.34. The van der Waals surface area contributed by atoms with Crippen molar-refractivity contribution >= 4 is 62.1 Å². The van der Waals surface area contributed by atoms with Gasteiger partial charge >= 0.3 is 0 Å². The van der Waals surface area contributed by atoms with Crippen LogP contribution in [0.1, 0.15) is 21.5 Å². The zero-order valence-corrected chi connectivity index (χ0v) is 22.2. The van der Waals surface area contributed by atoms with Crippen molar-refractivity contribution in [1.82, 2.24) is 20.2 Å². The number of amides is 2. The molecular weight excluding hydrogens is 556 g/mol. The number of carbonyl (C=O) groups excluding carboxylic acids is 2. The van der Waals surface area contributed by atoms with E-state index in [1.54, 1.807) is 22.9 Å². The van der Waals surface area contributed by atoms with Gasteiger partial charge < -0.3 is 0 Å². The predicted octanol–water partition coefficient (Wildman–Crippen LogP) is 6.16. The average molecular weight is 576 g/mol. The van der Waals surface area contributed by atoms with Crippen LogP contribution >= 0.6 is 39.9 Å². The van der Waals surface area contributed by atoms with Crippen molar-refractivity contribution in [1.29, 1.82) is 0 Å². The number of hydrogen-bond acceptors (Lipinski definition) is 5. The smallest absolute Gasteiger partial charge is 0.267 e. The SMILES string of the molecule is Cc1ccc(C(=O)NN2C(=O)/C(=C/c3cn(-c4ccccc4)nc3-c3ccc(Br)cc3)SC2=S)cc1. The molecule has 1 aromatic heterocycles. The standard InChI is InChI=1S/C27H19BrN4O2S2/c1-17-7-9-19(10-8-17)25(33)30-32-26(34)23(36-27(32)35)15-20-16-31(22-5-3-2-4-6-22)29-24(20)18-11-13-21(28)14-12-18/h2-16H,1H3,(H,30,33)/b23-15-. The average Bonchev–Trinajstić information content (AvgIpc) is 3.42. The number of hydrazine groups is 1. The van der Waals surface area contributed by atoms with Crippen LogP contribution in [0.15, 0.2) is 94.4 Å². The van der Waals surface area contributed by atoms with Gasteiger partial charge in [-0.3, -0.25) is 15.0 Å². The molecule has 1 aliphatic rings. The number of nitrogens with one attached hydrogen (secondary N) is 1. The van der Waals surface area contributed by atoms with Gasteiger partial charge in [0.1, 0.15) is 0 Å². The summed E-state index contributed by atoms with van der Waals surface area (Å²) in [5.41, 5.74) is 7.39. The molecule has 0 spiro atoms. The first kappa shape index (κ1) is 24.2. The van der Waals surface area contributed by atoms with E-state index in [2.05, 4.69) is 21.4 Å². The Hall–Kier alpha value is -3.53. The molecule has 0 bridgehead atoms. The predicted molar refractivity (Wildman–Crippen MR) is 150 cm³/mol. The van der Waals surface area contributed by atoms with E-state index in [0.717, 1.165) is 49.3 Å². The molecule has 2 amide bonds. The Labute approximate surface area is 226 Å². The molecule has 0 atom stereocenters. The summed E-state index contributed by atoms with van der Waals surface area (Å²) in [4.78, 5) is 26.3. The van der Waals surface area contributed by atoms with Crippen molar-refractivity contribution in [2.75, 3.05) is 0 Å². The fourth-order valence-corrected chi connectivity index (χ4v) is 5.05. The molecule has 0 aliphatic carbocycles. The first-order valence-electron chi connectivity index (χ1n) is 11.0. The summed E-state index contributed by atoms with van der Waals surface area (Å²) in [6.07, 6.45) is 3.64. The molecule has 5 rings (SSSR count). The first-order chi connectivity index (χ1) is 17.4. The van der Waals surface area contributed by atoms with Gasteiger partial charge in [0.25, 0.3) is 11.8 Å². The van der Waals surface area contributed by atoms with E-state index in [1.807, 2.05) is 79.9 Å². The molecule has 0 unspecified atom stereocenters. The normalized spacial score (nSPS) is 14.5. The summed E-state index contributed by atoms with van der Waals surface area (Å²) in [7, 11) is 0. The number of para-hydroxylation sites is 1. The fraction of sp³-hybridized carbons (Fsp3) is 0.0370. The molecule has 1 N–H and O–H groups in total. The number of carbonyl (C=O) groups is 2. The van der Waals surface area contributed by atoms with Crippen molar-refractivity contribution in [2.24, 2.45) is 0 Å². The van der Waals surface area contributed by atoms with Crippen LogP contribution < -0.4 is 5.43 Å². The molecule has 4 aromatic rings. The number of benzene rings is 3. The topological polar surface area (TPSA) is 67.2 Å². The van der Waals surface area contributed by atoms with E-state index in [4.69, 9.17) is 17.3 Å². The largest absolute Gasteiger partial charge is 0.285 e. The Morgan fingerprint density at radius 2 is 1.72 bits per heavy atom. The zero-order valence-electron chi connectivity index (χ0n) is 19.0. The number of halogens is 1. The maximum Gasteiger partial charge on any atom is 0.285 e. The maximum atomic E-state index is 13.2. The van der Waals surface area contributed by atoms with Crippen LogP contribution in [0.4, 0.5) is 0 Å². The molecular formula is C27H19BrN4O2S2. The summed E-state index contributed by atoms with van der Waals surface area (Å²) < 4.78 is 3.00. The van der Waals surface area contributed by atoms with E-state index >= 15 is 0 Å². The van der Waals surface area contributed by atoms with Gasteiger partial charge in [-0.15, -0.1) is 0 Å². The fourth-order valence-electron chi connectivity index (χ4n) is 3.61. The van der Waals surface area contributed by atoms with Crippen LogP contribution in [0.5, 0.6) is 0 Å². The number of rotatable bonds is 5. The highest BCUT2D eigenvalue weighted by atomic mass is 79.9. The van der Waals surface area contributed by atoms with Crippen LogP contribution in [-0.4, -0.2) is 30.9 Å². The molecule has 0 radical (unpaired) electrons. The van der Waals surface area contributed by atoms with Crippen LogP contribution in [0, 0.1) is 6.92 Å². The quantitative estimate of drug-likeness (QED) is 0.228. The molecule has 3 aromatic carbocycles. The third-order valence-electron chi connectivity index (χ3n) is 5.49. The minimum atomic E-state index is -0.403. The number of nitrogens with zero attached hydrogens (tertiary/aromatic N) is 3. The Morgan fingerprint density at radius 3 is 2.42 bits per heavy atom. The lowest BCUT2D eigenvalue weighted by atomic mass is 10.1. The summed E-state index contributed by atoms with van der Waals surface area (Å²) in [5.74, 6) is -0.792. The summed E-state index contributed by atoms with van der Waals surface area (Å²) in [5, 5.41) is 5.92. The van der Waals surface area contributed by atoms with Crippen LogP contribution in [0.25, 0.3) is 23.0 Å². The summed E-state index contributed by atoms with van der Waals surface area (Å²) >= 11 is 10.0. The molecule has 6 nitrogen and oxygen atoms in total.